The lowest BCUT2D eigenvalue weighted by molar-refractivity contribution is -0.385. The number of ether oxygens (including phenoxy) is 1. The van der Waals surface area contributed by atoms with E-state index in [1.54, 1.807) is 13.0 Å². The first-order chi connectivity index (χ1) is 9.08. The second kappa shape index (κ2) is 7.11. The van der Waals surface area contributed by atoms with Crippen LogP contribution in [0.2, 0.25) is 0 Å². The van der Waals surface area contributed by atoms with E-state index in [-0.39, 0.29) is 23.6 Å². The summed E-state index contributed by atoms with van der Waals surface area (Å²) in [5.41, 5.74) is 0.692. The van der Waals surface area contributed by atoms with Gasteiger partial charge in [-0.25, -0.2) is 0 Å². The summed E-state index contributed by atoms with van der Waals surface area (Å²) in [4.78, 5) is 21.5. The second-order valence-corrected chi connectivity index (χ2v) is 3.87. The minimum Gasteiger partial charge on any atom is -0.466 e. The third-order valence-electron chi connectivity index (χ3n) is 2.54. The van der Waals surface area contributed by atoms with Gasteiger partial charge >= 0.3 is 5.97 Å². The molecule has 6 nitrogen and oxygen atoms in total. The normalized spacial score (nSPS) is 9.68. The molecule has 0 amide bonds. The molecule has 0 heterocycles. The van der Waals surface area contributed by atoms with Gasteiger partial charge in [-0.3, -0.25) is 14.9 Å². The number of hydrogen-bond donors (Lipinski definition) is 0. The molecule has 0 aliphatic heterocycles. The molecule has 1 aromatic rings. The summed E-state index contributed by atoms with van der Waals surface area (Å²) in [6.07, 6.45) is 1.11. The Morgan fingerprint density at radius 3 is 2.84 bits per heavy atom. The van der Waals surface area contributed by atoms with E-state index >= 15 is 0 Å². The van der Waals surface area contributed by atoms with Crippen LogP contribution in [0, 0.1) is 21.4 Å². The Morgan fingerprint density at radius 2 is 2.26 bits per heavy atom. The highest BCUT2D eigenvalue weighted by Gasteiger charge is 2.14. The van der Waals surface area contributed by atoms with Gasteiger partial charge in [0.1, 0.15) is 0 Å². The summed E-state index contributed by atoms with van der Waals surface area (Å²) in [7, 11) is 0. The molecule has 1 rings (SSSR count). The van der Waals surface area contributed by atoms with Crippen LogP contribution in [-0.2, 0) is 16.0 Å². The maximum absolute atomic E-state index is 11.2. The molecule has 0 atom stereocenters. The molecule has 0 bridgehead atoms. The molecule has 100 valence electrons. The van der Waals surface area contributed by atoms with Crippen molar-refractivity contribution in [1.82, 2.24) is 0 Å². The van der Waals surface area contributed by atoms with E-state index in [2.05, 4.69) is 0 Å². The van der Waals surface area contributed by atoms with Crippen molar-refractivity contribution in [3.8, 4) is 6.07 Å². The Bertz CT molecular complexity index is 520. The van der Waals surface area contributed by atoms with Crippen LogP contribution in [-0.4, -0.2) is 17.5 Å². The van der Waals surface area contributed by atoms with Gasteiger partial charge in [-0.05, 0) is 25.8 Å². The Kier molecular flexibility index (Phi) is 5.48. The predicted molar refractivity (Wildman–Crippen MR) is 67.4 cm³/mol. The molecule has 0 aromatic heterocycles. The summed E-state index contributed by atoms with van der Waals surface area (Å²) >= 11 is 0. The number of nitro benzene ring substituents is 1. The fraction of sp³-hybridized carbons (Fsp3) is 0.385. The van der Waals surface area contributed by atoms with Crippen LogP contribution in [0.5, 0.6) is 0 Å². The second-order valence-electron chi connectivity index (χ2n) is 3.87. The van der Waals surface area contributed by atoms with E-state index < -0.39 is 4.92 Å². The zero-order valence-electron chi connectivity index (χ0n) is 10.6. The van der Waals surface area contributed by atoms with E-state index in [0.29, 0.717) is 25.0 Å². The van der Waals surface area contributed by atoms with Gasteiger partial charge in [0.25, 0.3) is 5.69 Å². The molecule has 0 saturated heterocycles. The van der Waals surface area contributed by atoms with Crippen LogP contribution in [0.4, 0.5) is 5.69 Å². The minimum absolute atomic E-state index is 0.0806. The topological polar surface area (TPSA) is 93.2 Å². The molecule has 6 heteroatoms. The molecule has 0 saturated carbocycles. The number of hydrogen-bond acceptors (Lipinski definition) is 5. The van der Waals surface area contributed by atoms with Gasteiger partial charge in [0.15, 0.2) is 0 Å². The number of carbonyl (C=O) groups excluding carboxylic acids is 1. The Hall–Kier alpha value is -2.42. The number of nitrogens with zero attached hydrogens (tertiary/aromatic N) is 2. The van der Waals surface area contributed by atoms with Crippen LogP contribution in [0.15, 0.2) is 18.2 Å². The van der Waals surface area contributed by atoms with Crippen molar-refractivity contribution in [2.45, 2.75) is 26.2 Å². The highest BCUT2D eigenvalue weighted by atomic mass is 16.6. The van der Waals surface area contributed by atoms with Gasteiger partial charge in [-0.1, -0.05) is 6.07 Å². The lowest BCUT2D eigenvalue weighted by Crippen LogP contribution is -2.04. The minimum atomic E-state index is -0.513. The molecule has 0 aliphatic rings. The molecule has 0 radical (unpaired) electrons. The van der Waals surface area contributed by atoms with E-state index in [9.17, 15) is 14.9 Å². The molecule has 19 heavy (non-hydrogen) atoms. The highest BCUT2D eigenvalue weighted by Crippen LogP contribution is 2.22. The molecule has 0 fully saturated rings. The summed E-state index contributed by atoms with van der Waals surface area (Å²) in [5.74, 6) is -0.307. The number of esters is 1. The van der Waals surface area contributed by atoms with Gasteiger partial charge in [0, 0.05) is 18.1 Å². The molecule has 0 spiro atoms. The van der Waals surface area contributed by atoms with Crippen molar-refractivity contribution in [1.29, 1.82) is 5.26 Å². The molecule has 0 unspecified atom stereocenters. The highest BCUT2D eigenvalue weighted by molar-refractivity contribution is 5.69. The number of carbonyl (C=O) groups is 1. The first-order valence-corrected chi connectivity index (χ1v) is 5.91. The van der Waals surface area contributed by atoms with Crippen LogP contribution in [0.3, 0.4) is 0 Å². The maximum Gasteiger partial charge on any atom is 0.305 e. The zero-order valence-corrected chi connectivity index (χ0v) is 10.6. The zero-order chi connectivity index (χ0) is 14.3. The first kappa shape index (κ1) is 14.6. The van der Waals surface area contributed by atoms with E-state index in [1.807, 2.05) is 6.07 Å². The lowest BCUT2D eigenvalue weighted by Gasteiger charge is -2.04. The van der Waals surface area contributed by atoms with Crippen molar-refractivity contribution in [2.75, 3.05) is 6.61 Å². The molecular formula is C13H14N2O4. The third kappa shape index (κ3) is 4.39. The Morgan fingerprint density at radius 1 is 1.53 bits per heavy atom. The van der Waals surface area contributed by atoms with Gasteiger partial charge in [0.05, 0.1) is 23.2 Å². The fourth-order valence-corrected chi connectivity index (χ4v) is 1.67. The molecular weight excluding hydrogens is 248 g/mol. The average molecular weight is 262 g/mol. The van der Waals surface area contributed by atoms with Crippen molar-refractivity contribution in [2.24, 2.45) is 0 Å². The third-order valence-corrected chi connectivity index (χ3v) is 2.54. The number of nitro groups is 1. The Labute approximate surface area is 110 Å². The van der Waals surface area contributed by atoms with Crippen molar-refractivity contribution < 1.29 is 14.5 Å². The van der Waals surface area contributed by atoms with E-state index in [4.69, 9.17) is 10.00 Å². The average Bonchev–Trinajstić information content (AvgIpc) is 2.39. The smallest absolute Gasteiger partial charge is 0.305 e. The van der Waals surface area contributed by atoms with Crippen LogP contribution < -0.4 is 0 Å². The standard InChI is InChI=1S/C13H14N2O4/c1-2-19-13(16)5-3-4-11-7-6-10(9-14)8-12(11)15(17)18/h6-8H,2-5H2,1H3. The van der Waals surface area contributed by atoms with Gasteiger partial charge in [-0.15, -0.1) is 0 Å². The summed E-state index contributed by atoms with van der Waals surface area (Å²) < 4.78 is 4.78. The van der Waals surface area contributed by atoms with E-state index in [0.717, 1.165) is 0 Å². The fourth-order valence-electron chi connectivity index (χ4n) is 1.67. The van der Waals surface area contributed by atoms with Crippen LogP contribution >= 0.6 is 0 Å². The number of benzene rings is 1. The van der Waals surface area contributed by atoms with Gasteiger partial charge in [0.2, 0.25) is 0 Å². The van der Waals surface area contributed by atoms with Crippen molar-refractivity contribution in [3.63, 3.8) is 0 Å². The number of aryl methyl sites for hydroxylation is 1. The Balaban J connectivity index is 2.70. The van der Waals surface area contributed by atoms with E-state index in [1.165, 1.54) is 12.1 Å². The van der Waals surface area contributed by atoms with Gasteiger partial charge in [-0.2, -0.15) is 5.26 Å². The maximum atomic E-state index is 11.2. The van der Waals surface area contributed by atoms with Crippen molar-refractivity contribution >= 4 is 11.7 Å². The quantitative estimate of drug-likeness (QED) is 0.445. The van der Waals surface area contributed by atoms with Crippen LogP contribution in [0.25, 0.3) is 0 Å². The summed E-state index contributed by atoms with van der Waals surface area (Å²) in [6, 6.07) is 6.20. The SMILES string of the molecule is CCOC(=O)CCCc1ccc(C#N)cc1[N+](=O)[O-]. The van der Waals surface area contributed by atoms with Gasteiger partial charge < -0.3 is 4.74 Å². The first-order valence-electron chi connectivity index (χ1n) is 5.91. The molecule has 0 N–H and O–H groups in total. The predicted octanol–water partition coefficient (Wildman–Crippen LogP) is 2.35. The van der Waals surface area contributed by atoms with Crippen LogP contribution in [0.1, 0.15) is 30.9 Å². The monoisotopic (exact) mass is 262 g/mol. The van der Waals surface area contributed by atoms with Crippen molar-refractivity contribution in [3.05, 3.63) is 39.4 Å². The number of rotatable bonds is 6. The number of nitriles is 1. The lowest BCUT2D eigenvalue weighted by atomic mass is 10.0. The largest absolute Gasteiger partial charge is 0.466 e. The summed E-state index contributed by atoms with van der Waals surface area (Å²) in [6.45, 7) is 2.05. The molecule has 0 aliphatic carbocycles. The molecule has 1 aromatic carbocycles. The summed E-state index contributed by atoms with van der Waals surface area (Å²) in [5, 5.41) is 19.6.